The average Bonchev–Trinajstić information content (AvgIpc) is 1.76. The lowest BCUT2D eigenvalue weighted by molar-refractivity contribution is 0.198. The molecule has 0 aromatic heterocycles. The highest BCUT2D eigenvalue weighted by atomic mass is 79.9. The Morgan fingerprint density at radius 1 is 1.00 bits per heavy atom. The van der Waals surface area contributed by atoms with Crippen LogP contribution in [0.1, 0.15) is 12.8 Å². The van der Waals surface area contributed by atoms with E-state index in [1.807, 2.05) is 0 Å². The van der Waals surface area contributed by atoms with Crippen LogP contribution in [-0.2, 0) is 4.74 Å². The van der Waals surface area contributed by atoms with Crippen LogP contribution in [0.3, 0.4) is 0 Å². The second-order valence-corrected chi connectivity index (χ2v) is 1.32. The SMILES string of the molecule is Br.C1CCOC1.[MgH2]. The van der Waals surface area contributed by atoms with Gasteiger partial charge in [0, 0.05) is 13.2 Å². The Morgan fingerprint density at radius 2 is 1.43 bits per heavy atom. The van der Waals surface area contributed by atoms with Crippen LogP contribution < -0.4 is 0 Å². The van der Waals surface area contributed by atoms with Gasteiger partial charge in [-0.2, -0.15) is 0 Å². The van der Waals surface area contributed by atoms with Gasteiger partial charge in [0.05, 0.1) is 0 Å². The molecule has 0 aliphatic carbocycles. The largest absolute Gasteiger partial charge is 0.381 e. The third kappa shape index (κ3) is 5.07. The van der Waals surface area contributed by atoms with Gasteiger partial charge in [-0.05, 0) is 12.8 Å². The van der Waals surface area contributed by atoms with Gasteiger partial charge in [-0.1, -0.05) is 0 Å². The van der Waals surface area contributed by atoms with Crippen LogP contribution in [-0.4, -0.2) is 36.3 Å². The van der Waals surface area contributed by atoms with Crippen LogP contribution in [0.25, 0.3) is 0 Å². The molecular formula is C4H11BrMgO. The molecule has 1 nitrogen and oxygen atoms in total. The van der Waals surface area contributed by atoms with Crippen LogP contribution in [0.4, 0.5) is 0 Å². The van der Waals surface area contributed by atoms with Crippen LogP contribution in [0, 0.1) is 0 Å². The van der Waals surface area contributed by atoms with E-state index in [0.717, 1.165) is 13.2 Å². The summed E-state index contributed by atoms with van der Waals surface area (Å²) in [5.74, 6) is 0. The van der Waals surface area contributed by atoms with Gasteiger partial charge in [-0.25, -0.2) is 0 Å². The molecule has 3 heteroatoms. The maximum atomic E-state index is 4.94. The molecule has 0 radical (unpaired) electrons. The van der Waals surface area contributed by atoms with E-state index in [-0.39, 0.29) is 40.0 Å². The highest BCUT2D eigenvalue weighted by Gasteiger charge is 1.94. The monoisotopic (exact) mass is 178 g/mol. The number of rotatable bonds is 0. The topological polar surface area (TPSA) is 9.23 Å². The van der Waals surface area contributed by atoms with Gasteiger partial charge in [0.2, 0.25) is 0 Å². The first-order valence-corrected chi connectivity index (χ1v) is 2.08. The first kappa shape index (κ1) is 11.1. The summed E-state index contributed by atoms with van der Waals surface area (Å²) in [6.07, 6.45) is 2.56. The fourth-order valence-corrected chi connectivity index (χ4v) is 0.510. The normalized spacial score (nSPS) is 17.1. The molecule has 7 heavy (non-hydrogen) atoms. The van der Waals surface area contributed by atoms with Crippen molar-refractivity contribution in [3.63, 3.8) is 0 Å². The van der Waals surface area contributed by atoms with Gasteiger partial charge in [0.25, 0.3) is 0 Å². The van der Waals surface area contributed by atoms with E-state index in [0.29, 0.717) is 0 Å². The smallest absolute Gasteiger partial charge is 0.316 e. The zero-order valence-electron chi connectivity index (χ0n) is 3.64. The maximum absolute atomic E-state index is 4.94. The van der Waals surface area contributed by atoms with E-state index in [1.54, 1.807) is 0 Å². The summed E-state index contributed by atoms with van der Waals surface area (Å²) in [7, 11) is 0. The summed E-state index contributed by atoms with van der Waals surface area (Å²) in [6, 6.07) is 0. The van der Waals surface area contributed by atoms with Crippen molar-refractivity contribution in [2.45, 2.75) is 12.8 Å². The fourth-order valence-electron chi connectivity index (χ4n) is 0.510. The van der Waals surface area contributed by atoms with Gasteiger partial charge in [0.15, 0.2) is 0 Å². The minimum absolute atomic E-state index is 0. The molecule has 0 aromatic rings. The number of halogens is 1. The van der Waals surface area contributed by atoms with E-state index in [1.165, 1.54) is 12.8 Å². The van der Waals surface area contributed by atoms with Gasteiger partial charge in [-0.15, -0.1) is 17.0 Å². The zero-order valence-corrected chi connectivity index (χ0v) is 5.36. The van der Waals surface area contributed by atoms with Crippen molar-refractivity contribution in [1.29, 1.82) is 0 Å². The van der Waals surface area contributed by atoms with E-state index in [9.17, 15) is 0 Å². The highest BCUT2D eigenvalue weighted by molar-refractivity contribution is 8.93. The third-order valence-corrected chi connectivity index (χ3v) is 0.827. The molecule has 42 valence electrons. The first-order valence-electron chi connectivity index (χ1n) is 2.08. The van der Waals surface area contributed by atoms with Crippen molar-refractivity contribution in [3.05, 3.63) is 0 Å². The van der Waals surface area contributed by atoms with Crippen LogP contribution in [0.2, 0.25) is 0 Å². The maximum Gasteiger partial charge on any atom is 0.316 e. The zero-order chi connectivity index (χ0) is 3.54. The van der Waals surface area contributed by atoms with Gasteiger partial charge < -0.3 is 4.74 Å². The van der Waals surface area contributed by atoms with E-state index >= 15 is 0 Å². The fraction of sp³-hybridized carbons (Fsp3) is 1.00. The third-order valence-electron chi connectivity index (χ3n) is 0.827. The Morgan fingerprint density at radius 3 is 1.57 bits per heavy atom. The molecule has 0 saturated carbocycles. The lowest BCUT2D eigenvalue weighted by Crippen LogP contribution is -1.74. The van der Waals surface area contributed by atoms with Crippen LogP contribution in [0.5, 0.6) is 0 Å². The summed E-state index contributed by atoms with van der Waals surface area (Å²) in [4.78, 5) is 0. The van der Waals surface area contributed by atoms with E-state index in [4.69, 9.17) is 4.74 Å². The summed E-state index contributed by atoms with van der Waals surface area (Å²) in [5.41, 5.74) is 0. The molecule has 1 saturated heterocycles. The molecule has 1 heterocycles. The van der Waals surface area contributed by atoms with Crippen molar-refractivity contribution >= 4 is 40.0 Å². The van der Waals surface area contributed by atoms with Gasteiger partial charge in [0.1, 0.15) is 0 Å². The molecule has 1 aliphatic rings. The first-order chi connectivity index (χ1) is 2.50. The van der Waals surface area contributed by atoms with E-state index in [2.05, 4.69) is 0 Å². The second-order valence-electron chi connectivity index (χ2n) is 1.32. The Hall–Kier alpha value is 1.21. The lowest BCUT2D eigenvalue weighted by atomic mass is 10.4. The summed E-state index contributed by atoms with van der Waals surface area (Å²) < 4.78 is 4.94. The molecule has 0 spiro atoms. The predicted molar refractivity (Wildman–Crippen MR) is 38.9 cm³/mol. The minimum Gasteiger partial charge on any atom is -0.381 e. The highest BCUT2D eigenvalue weighted by Crippen LogP contribution is 1.98. The molecule has 0 unspecified atom stereocenters. The Balaban J connectivity index is 0. The summed E-state index contributed by atoms with van der Waals surface area (Å²) in [5, 5.41) is 0. The Bertz CT molecular complexity index is 23.3. The Kier molecular flexibility index (Phi) is 11.4. The van der Waals surface area contributed by atoms with Crippen LogP contribution in [0.15, 0.2) is 0 Å². The van der Waals surface area contributed by atoms with Crippen molar-refractivity contribution in [1.82, 2.24) is 0 Å². The second kappa shape index (κ2) is 7.21. The Labute approximate surface area is 70.7 Å². The quantitative estimate of drug-likeness (QED) is 0.491. The molecule has 0 N–H and O–H groups in total. The molecule has 0 aromatic carbocycles. The lowest BCUT2D eigenvalue weighted by Gasteiger charge is -1.76. The summed E-state index contributed by atoms with van der Waals surface area (Å²) in [6.45, 7) is 2.00. The van der Waals surface area contributed by atoms with Crippen molar-refractivity contribution < 1.29 is 4.74 Å². The van der Waals surface area contributed by atoms with Crippen LogP contribution >= 0.6 is 17.0 Å². The molecular weight excluding hydrogens is 168 g/mol. The van der Waals surface area contributed by atoms with Crippen molar-refractivity contribution in [3.8, 4) is 0 Å². The molecule has 1 fully saturated rings. The average molecular weight is 179 g/mol. The number of ether oxygens (including phenoxy) is 1. The summed E-state index contributed by atoms with van der Waals surface area (Å²) >= 11 is 0. The number of hydrogen-bond donors (Lipinski definition) is 0. The van der Waals surface area contributed by atoms with E-state index < -0.39 is 0 Å². The van der Waals surface area contributed by atoms with Gasteiger partial charge in [-0.3, -0.25) is 0 Å². The standard InChI is InChI=1S/C4H8O.BrH.Mg.2H/c1-2-4-5-3-1;;;;/h1-4H2;1H;;;. The molecule has 0 bridgehead atoms. The van der Waals surface area contributed by atoms with Crippen molar-refractivity contribution in [2.24, 2.45) is 0 Å². The number of hydrogen-bond acceptors (Lipinski definition) is 1. The molecule has 1 rings (SSSR count). The molecule has 0 amide bonds. The van der Waals surface area contributed by atoms with Crippen molar-refractivity contribution in [2.75, 3.05) is 13.2 Å². The van der Waals surface area contributed by atoms with Gasteiger partial charge >= 0.3 is 23.1 Å². The minimum atomic E-state index is 0. The molecule has 1 aliphatic heterocycles. The predicted octanol–water partition coefficient (Wildman–Crippen LogP) is 0.458. The molecule has 0 atom stereocenters.